The zero-order valence-electron chi connectivity index (χ0n) is 11.5. The lowest BCUT2D eigenvalue weighted by Gasteiger charge is -2.38. The van der Waals surface area contributed by atoms with Crippen molar-refractivity contribution in [3.05, 3.63) is 18.2 Å². The van der Waals surface area contributed by atoms with Crippen LogP contribution in [-0.2, 0) is 0 Å². The van der Waals surface area contributed by atoms with Crippen LogP contribution in [0.2, 0.25) is 0 Å². The van der Waals surface area contributed by atoms with Gasteiger partial charge in [0.2, 0.25) is 0 Å². The van der Waals surface area contributed by atoms with Crippen molar-refractivity contribution in [2.45, 2.75) is 19.4 Å². The summed E-state index contributed by atoms with van der Waals surface area (Å²) in [5, 5.41) is 0. The van der Waals surface area contributed by atoms with Crippen molar-refractivity contribution in [1.82, 2.24) is 9.88 Å². The van der Waals surface area contributed by atoms with Gasteiger partial charge >= 0.3 is 0 Å². The van der Waals surface area contributed by atoms with E-state index in [1.54, 1.807) is 0 Å². The Morgan fingerprint density at radius 2 is 2.26 bits per heavy atom. The molecule has 0 saturated carbocycles. The molecule has 0 aliphatic carbocycles. The van der Waals surface area contributed by atoms with Crippen molar-refractivity contribution in [2.75, 3.05) is 37.3 Å². The third-order valence-electron chi connectivity index (χ3n) is 3.96. The molecule has 1 aromatic heterocycles. The van der Waals surface area contributed by atoms with Crippen LogP contribution in [0.5, 0.6) is 0 Å². The first-order valence-corrected chi connectivity index (χ1v) is 6.79. The molecular formula is C14H20N4O. The van der Waals surface area contributed by atoms with Crippen LogP contribution in [-0.4, -0.2) is 42.6 Å². The number of nitrogens with two attached hydrogens (primary N) is 1. The first-order chi connectivity index (χ1) is 9.19. The number of oxazole rings is 1. The van der Waals surface area contributed by atoms with E-state index in [2.05, 4.69) is 28.8 Å². The maximum absolute atomic E-state index is 5.93. The number of rotatable bonds is 2. The molecule has 0 radical (unpaired) electrons. The van der Waals surface area contributed by atoms with E-state index in [1.165, 1.54) is 0 Å². The maximum atomic E-state index is 5.93. The lowest BCUT2D eigenvalue weighted by Crippen LogP contribution is -2.51. The highest BCUT2D eigenvalue weighted by Crippen LogP contribution is 2.27. The summed E-state index contributed by atoms with van der Waals surface area (Å²) in [7, 11) is 2.18. The highest BCUT2D eigenvalue weighted by molar-refractivity contribution is 5.86. The van der Waals surface area contributed by atoms with Gasteiger partial charge in [0.05, 0.1) is 5.69 Å². The second-order valence-corrected chi connectivity index (χ2v) is 5.18. The van der Waals surface area contributed by atoms with E-state index < -0.39 is 0 Å². The van der Waals surface area contributed by atoms with Gasteiger partial charge in [-0.05, 0) is 25.6 Å². The van der Waals surface area contributed by atoms with Crippen LogP contribution >= 0.6 is 0 Å². The molecule has 1 aromatic carbocycles. The van der Waals surface area contributed by atoms with E-state index in [1.807, 2.05) is 18.2 Å². The number of hydrogen-bond acceptors (Lipinski definition) is 5. The monoisotopic (exact) mass is 260 g/mol. The van der Waals surface area contributed by atoms with Gasteiger partial charge in [-0.3, -0.25) is 4.90 Å². The Morgan fingerprint density at radius 3 is 3.00 bits per heavy atom. The number of aromatic nitrogens is 1. The average molecular weight is 260 g/mol. The molecule has 2 heterocycles. The summed E-state index contributed by atoms with van der Waals surface area (Å²) in [6.07, 6.45) is 1.13. The van der Waals surface area contributed by atoms with E-state index in [4.69, 9.17) is 10.2 Å². The minimum atomic E-state index is 0.557. The topological polar surface area (TPSA) is 58.5 Å². The Bertz CT molecular complexity index is 580. The van der Waals surface area contributed by atoms with Crippen LogP contribution < -0.4 is 10.6 Å². The predicted octanol–water partition coefficient (Wildman–Crippen LogP) is 1.94. The molecule has 1 aliphatic heterocycles. The number of nitrogen functional groups attached to an aromatic ring is 1. The van der Waals surface area contributed by atoms with Gasteiger partial charge < -0.3 is 15.1 Å². The summed E-state index contributed by atoms with van der Waals surface area (Å²) in [6.45, 7) is 5.15. The van der Waals surface area contributed by atoms with Crippen molar-refractivity contribution in [2.24, 2.45) is 0 Å². The summed E-state index contributed by atoms with van der Waals surface area (Å²) >= 11 is 0. The summed E-state index contributed by atoms with van der Waals surface area (Å²) in [6, 6.07) is 6.91. The van der Waals surface area contributed by atoms with E-state index in [9.17, 15) is 0 Å². The number of anilines is 2. The standard InChI is InChI=1S/C14H20N4O/c1-3-10-9-18(8-7-17(10)2)14-16-13-11(15)5-4-6-12(13)19-14/h4-6,10H,3,7-9,15H2,1-2H3. The number of hydrogen-bond donors (Lipinski definition) is 1. The summed E-state index contributed by atoms with van der Waals surface area (Å²) in [5.74, 6) is 0. The highest BCUT2D eigenvalue weighted by atomic mass is 16.4. The number of likely N-dealkylation sites (N-methyl/N-ethyl adjacent to an activating group) is 1. The van der Waals surface area contributed by atoms with Crippen LogP contribution in [0.15, 0.2) is 22.6 Å². The number of piperazine rings is 1. The van der Waals surface area contributed by atoms with Gasteiger partial charge in [-0.2, -0.15) is 4.98 Å². The molecule has 0 spiro atoms. The number of benzene rings is 1. The molecule has 1 unspecified atom stereocenters. The van der Waals surface area contributed by atoms with E-state index >= 15 is 0 Å². The van der Waals surface area contributed by atoms with E-state index in [0.717, 1.165) is 37.2 Å². The van der Waals surface area contributed by atoms with Gasteiger partial charge in [0, 0.05) is 25.7 Å². The van der Waals surface area contributed by atoms with Gasteiger partial charge in [-0.15, -0.1) is 0 Å². The molecule has 102 valence electrons. The molecule has 0 bridgehead atoms. The molecule has 3 rings (SSSR count). The van der Waals surface area contributed by atoms with Gasteiger partial charge in [-0.25, -0.2) is 0 Å². The molecule has 1 fully saturated rings. The molecule has 1 saturated heterocycles. The summed E-state index contributed by atoms with van der Waals surface area (Å²) < 4.78 is 5.83. The molecule has 5 heteroatoms. The lowest BCUT2D eigenvalue weighted by atomic mass is 10.1. The van der Waals surface area contributed by atoms with Crippen molar-refractivity contribution in [1.29, 1.82) is 0 Å². The number of nitrogens with zero attached hydrogens (tertiary/aromatic N) is 3. The smallest absolute Gasteiger partial charge is 0.298 e. The second kappa shape index (κ2) is 4.74. The second-order valence-electron chi connectivity index (χ2n) is 5.18. The first kappa shape index (κ1) is 12.3. The summed E-state index contributed by atoms with van der Waals surface area (Å²) in [4.78, 5) is 9.16. The van der Waals surface area contributed by atoms with Crippen LogP contribution in [0.25, 0.3) is 11.1 Å². The number of para-hydroxylation sites is 1. The zero-order chi connectivity index (χ0) is 13.4. The summed E-state index contributed by atoms with van der Waals surface area (Å²) in [5.41, 5.74) is 8.13. The van der Waals surface area contributed by atoms with E-state index in [0.29, 0.717) is 17.7 Å². The minimum absolute atomic E-state index is 0.557. The Labute approximate surface area is 113 Å². The zero-order valence-corrected chi connectivity index (χ0v) is 11.5. The fourth-order valence-electron chi connectivity index (χ4n) is 2.65. The molecule has 0 amide bonds. The molecule has 2 N–H and O–H groups in total. The quantitative estimate of drug-likeness (QED) is 0.836. The van der Waals surface area contributed by atoms with Crippen LogP contribution in [0.1, 0.15) is 13.3 Å². The molecule has 5 nitrogen and oxygen atoms in total. The number of fused-ring (bicyclic) bond motifs is 1. The fourth-order valence-corrected chi connectivity index (χ4v) is 2.65. The Hall–Kier alpha value is -1.75. The molecule has 1 aliphatic rings. The van der Waals surface area contributed by atoms with E-state index in [-0.39, 0.29) is 0 Å². The third kappa shape index (κ3) is 2.14. The largest absolute Gasteiger partial charge is 0.423 e. The molecule has 19 heavy (non-hydrogen) atoms. The van der Waals surface area contributed by atoms with Crippen molar-refractivity contribution < 1.29 is 4.42 Å². The van der Waals surface area contributed by atoms with Crippen LogP contribution in [0.4, 0.5) is 11.7 Å². The molecule has 1 atom stereocenters. The highest BCUT2D eigenvalue weighted by Gasteiger charge is 2.26. The third-order valence-corrected chi connectivity index (χ3v) is 3.96. The first-order valence-electron chi connectivity index (χ1n) is 6.79. The normalized spacial score (nSPS) is 21.2. The Morgan fingerprint density at radius 1 is 1.42 bits per heavy atom. The average Bonchev–Trinajstić information content (AvgIpc) is 2.85. The molecule has 2 aromatic rings. The Kier molecular flexibility index (Phi) is 3.06. The van der Waals surface area contributed by atoms with Gasteiger partial charge in [0.15, 0.2) is 5.58 Å². The van der Waals surface area contributed by atoms with Crippen LogP contribution in [0, 0.1) is 0 Å². The Balaban J connectivity index is 1.90. The van der Waals surface area contributed by atoms with Crippen molar-refractivity contribution in [3.8, 4) is 0 Å². The molecular weight excluding hydrogens is 240 g/mol. The lowest BCUT2D eigenvalue weighted by molar-refractivity contribution is 0.209. The van der Waals surface area contributed by atoms with Gasteiger partial charge in [0.1, 0.15) is 5.52 Å². The van der Waals surface area contributed by atoms with Crippen molar-refractivity contribution in [3.63, 3.8) is 0 Å². The van der Waals surface area contributed by atoms with Crippen molar-refractivity contribution >= 4 is 22.8 Å². The van der Waals surface area contributed by atoms with Crippen LogP contribution in [0.3, 0.4) is 0 Å². The van der Waals surface area contributed by atoms with Gasteiger partial charge in [-0.1, -0.05) is 13.0 Å². The fraction of sp³-hybridized carbons (Fsp3) is 0.500. The SMILES string of the molecule is CCC1CN(c2nc3c(N)cccc3o2)CCN1C. The minimum Gasteiger partial charge on any atom is -0.423 e. The van der Waals surface area contributed by atoms with Gasteiger partial charge in [0.25, 0.3) is 6.01 Å². The predicted molar refractivity (Wildman–Crippen MR) is 77.3 cm³/mol. The maximum Gasteiger partial charge on any atom is 0.298 e.